The number of aromatic nitrogens is 2. The molecule has 2 N–H and O–H groups in total. The van der Waals surface area contributed by atoms with Gasteiger partial charge in [-0.05, 0) is 31.8 Å². The zero-order valence-electron chi connectivity index (χ0n) is 11.3. The third kappa shape index (κ3) is 2.73. The fourth-order valence-corrected chi connectivity index (χ4v) is 3.09. The van der Waals surface area contributed by atoms with E-state index in [9.17, 15) is 4.79 Å². The first kappa shape index (κ1) is 12.5. The Balaban J connectivity index is 1.59. The maximum absolute atomic E-state index is 11.3. The van der Waals surface area contributed by atoms with Gasteiger partial charge in [0, 0.05) is 25.8 Å². The van der Waals surface area contributed by atoms with Crippen LogP contribution in [0.1, 0.15) is 12.8 Å². The average molecular weight is 263 g/mol. The van der Waals surface area contributed by atoms with E-state index < -0.39 is 0 Å². The van der Waals surface area contributed by atoms with Gasteiger partial charge in [0.2, 0.25) is 5.91 Å². The Morgan fingerprint density at radius 3 is 2.89 bits per heavy atom. The molecule has 6 nitrogen and oxygen atoms in total. The molecule has 1 atom stereocenters. The van der Waals surface area contributed by atoms with Crippen molar-refractivity contribution in [1.29, 1.82) is 0 Å². The van der Waals surface area contributed by atoms with Gasteiger partial charge in [-0.25, -0.2) is 0 Å². The zero-order chi connectivity index (χ0) is 13.2. The van der Waals surface area contributed by atoms with Gasteiger partial charge in [0.1, 0.15) is 6.54 Å². The van der Waals surface area contributed by atoms with Gasteiger partial charge in [-0.15, -0.1) is 0 Å². The molecule has 1 amide bonds. The number of piperidine rings is 3. The lowest BCUT2D eigenvalue weighted by atomic mass is 9.84. The number of anilines is 1. The summed E-state index contributed by atoms with van der Waals surface area (Å²) in [4.78, 5) is 13.8. The third-order valence-corrected chi connectivity index (χ3v) is 4.23. The fraction of sp³-hybridized carbons (Fsp3) is 0.692. The fourth-order valence-electron chi connectivity index (χ4n) is 3.09. The molecule has 0 aromatic carbocycles. The highest BCUT2D eigenvalue weighted by Gasteiger charge is 2.33. The Hall–Kier alpha value is -1.56. The molecule has 4 heterocycles. The number of hydrogen-bond acceptors (Lipinski definition) is 4. The maximum Gasteiger partial charge on any atom is 0.241 e. The Labute approximate surface area is 113 Å². The van der Waals surface area contributed by atoms with Crippen LogP contribution in [0.4, 0.5) is 5.69 Å². The molecule has 104 valence electrons. The van der Waals surface area contributed by atoms with Crippen molar-refractivity contribution in [3.63, 3.8) is 0 Å². The van der Waals surface area contributed by atoms with Gasteiger partial charge >= 0.3 is 0 Å². The molecule has 1 aromatic heterocycles. The predicted molar refractivity (Wildman–Crippen MR) is 72.9 cm³/mol. The van der Waals surface area contributed by atoms with Gasteiger partial charge in [0.05, 0.1) is 11.9 Å². The van der Waals surface area contributed by atoms with Crippen LogP contribution in [0.5, 0.6) is 0 Å². The highest BCUT2D eigenvalue weighted by atomic mass is 16.1. The van der Waals surface area contributed by atoms with Crippen molar-refractivity contribution in [3.8, 4) is 0 Å². The van der Waals surface area contributed by atoms with Crippen molar-refractivity contribution < 1.29 is 4.79 Å². The number of amides is 1. The van der Waals surface area contributed by atoms with E-state index in [0.717, 1.165) is 18.2 Å². The summed E-state index contributed by atoms with van der Waals surface area (Å²) in [6.45, 7) is 3.90. The lowest BCUT2D eigenvalue weighted by Gasteiger charge is -2.45. The molecule has 0 aliphatic carbocycles. The third-order valence-electron chi connectivity index (χ3n) is 4.23. The maximum atomic E-state index is 11.3. The van der Waals surface area contributed by atoms with Gasteiger partial charge < -0.3 is 15.5 Å². The molecule has 3 fully saturated rings. The number of hydrogen-bond donors (Lipinski definition) is 2. The second-order valence-electron chi connectivity index (χ2n) is 5.49. The molecular weight excluding hydrogens is 242 g/mol. The molecule has 1 aromatic rings. The lowest BCUT2D eigenvalue weighted by Crippen LogP contribution is -2.53. The molecule has 0 radical (unpaired) electrons. The van der Waals surface area contributed by atoms with Crippen LogP contribution in [0.3, 0.4) is 0 Å². The minimum absolute atomic E-state index is 0.0301. The van der Waals surface area contributed by atoms with Crippen LogP contribution in [0.2, 0.25) is 0 Å². The van der Waals surface area contributed by atoms with Crippen LogP contribution in [-0.2, 0) is 11.3 Å². The Morgan fingerprint density at radius 1 is 1.47 bits per heavy atom. The molecule has 6 heteroatoms. The summed E-state index contributed by atoms with van der Waals surface area (Å²) >= 11 is 0. The standard InChI is InChI=1S/C13H21N5O/c1-14-13(19)9-18-7-11(6-15-18)16-12-8-17-4-2-10(12)3-5-17/h6-7,10,12,16H,2-5,8-9H2,1H3,(H,14,19). The number of carbonyl (C=O) groups is 1. The van der Waals surface area contributed by atoms with Crippen molar-refractivity contribution >= 4 is 11.6 Å². The van der Waals surface area contributed by atoms with Gasteiger partial charge in [-0.3, -0.25) is 9.48 Å². The number of nitrogens with zero attached hydrogens (tertiary/aromatic N) is 3. The molecule has 3 aliphatic heterocycles. The second kappa shape index (κ2) is 5.21. The second-order valence-corrected chi connectivity index (χ2v) is 5.49. The highest BCUT2D eigenvalue weighted by Crippen LogP contribution is 2.29. The lowest BCUT2D eigenvalue weighted by molar-refractivity contribution is -0.121. The summed E-state index contributed by atoms with van der Waals surface area (Å²) in [7, 11) is 1.64. The smallest absolute Gasteiger partial charge is 0.241 e. The minimum atomic E-state index is -0.0301. The van der Waals surface area contributed by atoms with E-state index in [-0.39, 0.29) is 12.5 Å². The molecule has 3 aliphatic rings. The SMILES string of the molecule is CNC(=O)Cn1cc(NC2CN3CCC2CC3)cn1. The van der Waals surface area contributed by atoms with Crippen LogP contribution in [0, 0.1) is 5.92 Å². The van der Waals surface area contributed by atoms with Crippen molar-refractivity contribution in [2.45, 2.75) is 25.4 Å². The Morgan fingerprint density at radius 2 is 2.26 bits per heavy atom. The van der Waals surface area contributed by atoms with Crippen LogP contribution < -0.4 is 10.6 Å². The first-order valence-corrected chi connectivity index (χ1v) is 6.96. The number of nitrogens with one attached hydrogen (secondary N) is 2. The summed E-state index contributed by atoms with van der Waals surface area (Å²) < 4.78 is 1.67. The largest absolute Gasteiger partial charge is 0.378 e. The summed E-state index contributed by atoms with van der Waals surface area (Å²) in [6, 6.07) is 0.528. The molecule has 1 unspecified atom stereocenters. The van der Waals surface area contributed by atoms with E-state index in [2.05, 4.69) is 20.6 Å². The summed E-state index contributed by atoms with van der Waals surface area (Å²) in [5, 5.41) is 10.4. The Kier molecular flexibility index (Phi) is 3.42. The molecule has 3 saturated heterocycles. The monoisotopic (exact) mass is 263 g/mol. The van der Waals surface area contributed by atoms with E-state index in [1.807, 2.05) is 6.20 Å². The van der Waals surface area contributed by atoms with Crippen LogP contribution in [-0.4, -0.2) is 53.3 Å². The molecule has 0 saturated carbocycles. The quantitative estimate of drug-likeness (QED) is 0.811. The van der Waals surface area contributed by atoms with Gasteiger partial charge in [-0.2, -0.15) is 5.10 Å². The van der Waals surface area contributed by atoms with Crippen molar-refractivity contribution in [3.05, 3.63) is 12.4 Å². The van der Waals surface area contributed by atoms with E-state index in [4.69, 9.17) is 0 Å². The van der Waals surface area contributed by atoms with E-state index in [1.165, 1.54) is 25.9 Å². The van der Waals surface area contributed by atoms with Crippen molar-refractivity contribution in [2.24, 2.45) is 5.92 Å². The van der Waals surface area contributed by atoms with Gasteiger partial charge in [-0.1, -0.05) is 0 Å². The highest BCUT2D eigenvalue weighted by molar-refractivity contribution is 5.75. The summed E-state index contributed by atoms with van der Waals surface area (Å²) in [5.41, 5.74) is 1.02. The van der Waals surface area contributed by atoms with E-state index >= 15 is 0 Å². The minimum Gasteiger partial charge on any atom is -0.378 e. The summed E-state index contributed by atoms with van der Waals surface area (Å²) in [5.74, 6) is 0.754. The van der Waals surface area contributed by atoms with Crippen LogP contribution in [0.25, 0.3) is 0 Å². The molecular formula is C13H21N5O. The van der Waals surface area contributed by atoms with Crippen LogP contribution in [0.15, 0.2) is 12.4 Å². The van der Waals surface area contributed by atoms with Crippen LogP contribution >= 0.6 is 0 Å². The Bertz CT molecular complexity index is 450. The number of fused-ring (bicyclic) bond motifs is 3. The van der Waals surface area contributed by atoms with Crippen molar-refractivity contribution in [2.75, 3.05) is 32.0 Å². The normalized spacial score (nSPS) is 29.2. The molecule has 2 bridgehead atoms. The topological polar surface area (TPSA) is 62.2 Å². The van der Waals surface area contributed by atoms with Gasteiger partial charge in [0.25, 0.3) is 0 Å². The van der Waals surface area contributed by atoms with E-state index in [1.54, 1.807) is 17.9 Å². The first-order chi connectivity index (χ1) is 9.24. The predicted octanol–water partition coefficient (Wildman–Crippen LogP) is 0.135. The number of rotatable bonds is 4. The number of carbonyl (C=O) groups excluding carboxylic acids is 1. The van der Waals surface area contributed by atoms with Crippen molar-refractivity contribution in [1.82, 2.24) is 20.0 Å². The molecule has 4 rings (SSSR count). The average Bonchev–Trinajstić information content (AvgIpc) is 2.87. The molecule has 0 spiro atoms. The zero-order valence-corrected chi connectivity index (χ0v) is 11.3. The van der Waals surface area contributed by atoms with Gasteiger partial charge in [0.15, 0.2) is 0 Å². The number of likely N-dealkylation sites (N-methyl/N-ethyl adjacent to an activating group) is 1. The first-order valence-electron chi connectivity index (χ1n) is 6.96. The summed E-state index contributed by atoms with van der Waals surface area (Å²) in [6.07, 6.45) is 6.31. The molecule has 19 heavy (non-hydrogen) atoms. The van der Waals surface area contributed by atoms with E-state index in [0.29, 0.717) is 6.04 Å².